The first-order valence-electron chi connectivity index (χ1n) is 25.1. The summed E-state index contributed by atoms with van der Waals surface area (Å²) in [6.45, 7) is 3.95. The summed E-state index contributed by atoms with van der Waals surface area (Å²) in [6.07, 6.45) is 7.72. The monoisotopic (exact) mass is 961 g/mol. The van der Waals surface area contributed by atoms with E-state index in [0.717, 1.165) is 68.3 Å². The second-order valence-electron chi connectivity index (χ2n) is 18.0. The van der Waals surface area contributed by atoms with Gasteiger partial charge in [0.1, 0.15) is 0 Å². The number of fused-ring (bicyclic) bond motifs is 4. The van der Waals surface area contributed by atoms with Crippen molar-refractivity contribution in [3.8, 4) is 0 Å². The van der Waals surface area contributed by atoms with Crippen molar-refractivity contribution in [2.45, 2.75) is 19.5 Å². The van der Waals surface area contributed by atoms with E-state index in [2.05, 4.69) is 231 Å². The number of aryl methyl sites for hydroxylation is 1. The lowest BCUT2D eigenvalue weighted by Crippen LogP contribution is -2.47. The van der Waals surface area contributed by atoms with Gasteiger partial charge in [-0.1, -0.05) is 146 Å². The van der Waals surface area contributed by atoms with Gasteiger partial charge in [0.2, 0.25) is 0 Å². The zero-order valence-electron chi connectivity index (χ0n) is 41.2. The summed E-state index contributed by atoms with van der Waals surface area (Å²) in [4.78, 5) is 6.92. The molecule has 0 saturated heterocycles. The number of aromatic nitrogens is 2. The van der Waals surface area contributed by atoms with Gasteiger partial charge < -0.3 is 9.47 Å². The average Bonchev–Trinajstić information content (AvgIpc) is 3.79. The first kappa shape index (κ1) is 46.8. The number of hydrazone groups is 3. The molecule has 0 aliphatic rings. The lowest BCUT2D eigenvalue weighted by Gasteiger charge is -2.35. The summed E-state index contributed by atoms with van der Waals surface area (Å²) in [5.41, 5.74) is 12.3. The minimum atomic E-state index is -0.339. The zero-order valence-corrected chi connectivity index (χ0v) is 41.2. The second kappa shape index (κ2) is 22.2. The Morgan fingerprint density at radius 3 is 1.49 bits per heavy atom. The molecule has 2 heterocycles. The normalized spacial score (nSPS) is 12.1. The Morgan fingerprint density at radius 1 is 0.419 bits per heavy atom. The fourth-order valence-electron chi connectivity index (χ4n) is 9.63. The molecule has 9 nitrogen and oxygen atoms in total. The standard InChI is InChI=1S/C65H55N9/c1-2-70-64-35-21-19-33-61(64)62-44-51(38-41-65(62)70)46-68-72(54-24-10-4-11-25-54)49-59(74(58-30-16-7-17-31-58)69-47-52-42-43-66-63-34-20-18-32-60(52)63)48-71(53-22-8-3-9-23-53)67-45-50-36-39-57(40-37-50)73(55-26-12-5-13-27-55)56-28-14-6-15-29-56/h3-47,59H,2,48-49H2,1H3/b67-45+,68-46-,69-47+. The zero-order chi connectivity index (χ0) is 49.9. The highest BCUT2D eigenvalue weighted by Crippen LogP contribution is 2.35. The number of hydrogen-bond acceptors (Lipinski definition) is 8. The van der Waals surface area contributed by atoms with Gasteiger partial charge in [0.15, 0.2) is 0 Å². The molecule has 0 spiro atoms. The highest BCUT2D eigenvalue weighted by atomic mass is 15.5. The molecule has 0 fully saturated rings. The molecule has 0 radical (unpaired) electrons. The Balaban J connectivity index is 0.995. The molecule has 360 valence electrons. The molecular weight excluding hydrogens is 907 g/mol. The van der Waals surface area contributed by atoms with Crippen LogP contribution in [-0.4, -0.2) is 47.3 Å². The summed E-state index contributed by atoms with van der Waals surface area (Å²) >= 11 is 0. The molecule has 74 heavy (non-hydrogen) atoms. The molecule has 0 saturated carbocycles. The van der Waals surface area contributed by atoms with Gasteiger partial charge in [-0.2, -0.15) is 15.3 Å². The predicted octanol–water partition coefficient (Wildman–Crippen LogP) is 15.1. The van der Waals surface area contributed by atoms with Gasteiger partial charge in [0, 0.05) is 62.6 Å². The Bertz CT molecular complexity index is 3630. The quantitative estimate of drug-likeness (QED) is 0.0633. The summed E-state index contributed by atoms with van der Waals surface area (Å²) in [7, 11) is 0. The molecule has 1 atom stereocenters. The molecule has 0 aliphatic carbocycles. The molecule has 0 bridgehead atoms. The van der Waals surface area contributed by atoms with Crippen molar-refractivity contribution in [2.24, 2.45) is 15.3 Å². The van der Waals surface area contributed by atoms with Crippen molar-refractivity contribution in [1.29, 1.82) is 0 Å². The van der Waals surface area contributed by atoms with E-state index in [1.807, 2.05) is 79.4 Å². The van der Waals surface area contributed by atoms with Crippen LogP contribution in [0.5, 0.6) is 0 Å². The number of nitrogens with zero attached hydrogens (tertiary/aromatic N) is 9. The molecule has 11 rings (SSSR count). The smallest absolute Gasteiger partial charge is 0.0917 e. The second-order valence-corrected chi connectivity index (χ2v) is 18.0. The third-order valence-electron chi connectivity index (χ3n) is 13.2. The van der Waals surface area contributed by atoms with Crippen molar-refractivity contribution in [1.82, 2.24) is 9.55 Å². The van der Waals surface area contributed by atoms with Crippen molar-refractivity contribution < 1.29 is 0 Å². The minimum absolute atomic E-state index is 0.339. The maximum Gasteiger partial charge on any atom is 0.0917 e. The fraction of sp³-hybridized carbons (Fsp3) is 0.0769. The number of hydrogen-bond donors (Lipinski definition) is 0. The highest BCUT2D eigenvalue weighted by Gasteiger charge is 2.26. The van der Waals surface area contributed by atoms with Gasteiger partial charge in [-0.25, -0.2) is 0 Å². The van der Waals surface area contributed by atoms with Crippen LogP contribution in [0, 0.1) is 0 Å². The van der Waals surface area contributed by atoms with Crippen molar-refractivity contribution in [3.05, 3.63) is 272 Å². The van der Waals surface area contributed by atoms with Crippen LogP contribution in [0.15, 0.2) is 270 Å². The molecule has 11 aromatic rings. The number of rotatable bonds is 18. The molecule has 9 aromatic carbocycles. The van der Waals surface area contributed by atoms with Crippen LogP contribution in [0.2, 0.25) is 0 Å². The Kier molecular flexibility index (Phi) is 14.0. The Morgan fingerprint density at radius 2 is 0.892 bits per heavy atom. The minimum Gasteiger partial charge on any atom is -0.341 e. The van der Waals surface area contributed by atoms with E-state index >= 15 is 0 Å². The van der Waals surface area contributed by atoms with Crippen LogP contribution < -0.4 is 19.9 Å². The summed E-state index contributed by atoms with van der Waals surface area (Å²) in [5.74, 6) is 0. The van der Waals surface area contributed by atoms with E-state index < -0.39 is 0 Å². The number of para-hydroxylation sites is 7. The van der Waals surface area contributed by atoms with Crippen LogP contribution in [0.25, 0.3) is 32.7 Å². The van der Waals surface area contributed by atoms with E-state index in [1.54, 1.807) is 0 Å². The molecule has 2 aromatic heterocycles. The maximum atomic E-state index is 5.41. The van der Waals surface area contributed by atoms with Gasteiger partial charge in [-0.15, -0.1) is 0 Å². The van der Waals surface area contributed by atoms with Crippen LogP contribution >= 0.6 is 0 Å². The van der Waals surface area contributed by atoms with Gasteiger partial charge in [0.05, 0.1) is 60.4 Å². The molecule has 9 heteroatoms. The molecule has 1 unspecified atom stereocenters. The topological polar surface area (TPSA) is 67.9 Å². The maximum absolute atomic E-state index is 5.41. The van der Waals surface area contributed by atoms with Gasteiger partial charge in [-0.3, -0.25) is 20.0 Å². The summed E-state index contributed by atoms with van der Waals surface area (Å²) in [5, 5.41) is 25.8. The number of anilines is 6. The van der Waals surface area contributed by atoms with Crippen molar-refractivity contribution in [3.63, 3.8) is 0 Å². The first-order chi connectivity index (χ1) is 36.7. The van der Waals surface area contributed by atoms with Gasteiger partial charge in [0.25, 0.3) is 0 Å². The van der Waals surface area contributed by atoms with Crippen LogP contribution in [-0.2, 0) is 6.54 Å². The summed E-state index contributed by atoms with van der Waals surface area (Å²) < 4.78 is 2.38. The van der Waals surface area contributed by atoms with Crippen LogP contribution in [0.1, 0.15) is 23.6 Å². The average molecular weight is 962 g/mol. The molecule has 0 N–H and O–H groups in total. The Labute approximate surface area is 432 Å². The van der Waals surface area contributed by atoms with E-state index in [1.165, 1.54) is 21.8 Å². The van der Waals surface area contributed by atoms with Crippen LogP contribution in [0.4, 0.5) is 34.1 Å². The first-order valence-corrected chi connectivity index (χ1v) is 25.1. The fourth-order valence-corrected chi connectivity index (χ4v) is 9.63. The third kappa shape index (κ3) is 10.4. The highest BCUT2D eigenvalue weighted by molar-refractivity contribution is 6.09. The van der Waals surface area contributed by atoms with Gasteiger partial charge in [-0.05, 0) is 121 Å². The van der Waals surface area contributed by atoms with Crippen LogP contribution in [0.3, 0.4) is 0 Å². The molecule has 0 aliphatic heterocycles. The lowest BCUT2D eigenvalue weighted by atomic mass is 10.1. The largest absolute Gasteiger partial charge is 0.341 e. The van der Waals surface area contributed by atoms with Crippen molar-refractivity contribution in [2.75, 3.05) is 33.0 Å². The molecule has 0 amide bonds. The molecular formula is C65H55N9. The predicted molar refractivity (Wildman–Crippen MR) is 311 cm³/mol. The van der Waals surface area contributed by atoms with E-state index in [-0.39, 0.29) is 6.04 Å². The van der Waals surface area contributed by atoms with E-state index in [4.69, 9.17) is 15.3 Å². The van der Waals surface area contributed by atoms with E-state index in [9.17, 15) is 0 Å². The van der Waals surface area contributed by atoms with Gasteiger partial charge >= 0.3 is 0 Å². The van der Waals surface area contributed by atoms with Crippen molar-refractivity contribution >= 4 is 85.5 Å². The number of pyridine rings is 1. The SMILES string of the molecule is CCn1c2ccccc2c2cc(/C=N\N(CC(CN(/N=C/c3ccc(N(c4ccccc4)c4ccccc4)cc3)c3ccccc3)N(/N=C/c3ccnc4ccccc34)c3ccccc3)c3ccccc3)ccc21. The third-order valence-corrected chi connectivity index (χ3v) is 13.2. The van der Waals surface area contributed by atoms with E-state index in [0.29, 0.717) is 13.1 Å². The Hall–Kier alpha value is -9.60. The summed E-state index contributed by atoms with van der Waals surface area (Å²) in [6, 6.07) is 85.7. The lowest BCUT2D eigenvalue weighted by molar-refractivity contribution is 0.576. The number of benzene rings is 9.